The van der Waals surface area contributed by atoms with E-state index in [2.05, 4.69) is 9.88 Å². The molecule has 3 atom stereocenters. The number of fused-ring (bicyclic) bond motifs is 3. The number of rotatable bonds is 8. The number of aromatic nitrogens is 3. The molecule has 2 fully saturated rings. The smallest absolute Gasteiger partial charge is 0.267 e. The zero-order valence-corrected chi connectivity index (χ0v) is 29.7. The number of hydrogen-bond acceptors (Lipinski definition) is 9. The van der Waals surface area contributed by atoms with Crippen molar-refractivity contribution in [3.8, 4) is 16.9 Å². The Morgan fingerprint density at radius 3 is 2.59 bits per heavy atom. The Kier molecular flexibility index (Phi) is 8.81. The Hall–Kier alpha value is -3.46. The minimum absolute atomic E-state index is 0.0208. The first kappa shape index (κ1) is 34.0. The van der Waals surface area contributed by atoms with Gasteiger partial charge in [-0.2, -0.15) is 0 Å². The summed E-state index contributed by atoms with van der Waals surface area (Å²) in [7, 11) is -3.77. The molecule has 3 aliphatic rings. The van der Waals surface area contributed by atoms with Gasteiger partial charge < -0.3 is 4.74 Å². The molecule has 0 bridgehead atoms. The lowest BCUT2D eigenvalue weighted by molar-refractivity contribution is -0.00434. The number of nitrogens with zero attached hydrogens (tertiary/aromatic N) is 4. The lowest BCUT2D eigenvalue weighted by Crippen LogP contribution is -2.42. The van der Waals surface area contributed by atoms with Gasteiger partial charge in [-0.25, -0.2) is 26.9 Å². The Morgan fingerprint density at radius 1 is 1.14 bits per heavy atom. The normalized spacial score (nSPS) is 21.9. The molecule has 1 aromatic carbocycles. The van der Waals surface area contributed by atoms with Crippen LogP contribution in [-0.2, 0) is 29.4 Å². The van der Waals surface area contributed by atoms with Crippen molar-refractivity contribution in [2.45, 2.75) is 64.5 Å². The number of carbonyl (C=O) groups excluding carboxylic acids is 1. The summed E-state index contributed by atoms with van der Waals surface area (Å²) < 4.78 is 61.9. The van der Waals surface area contributed by atoms with Crippen LogP contribution in [-0.4, -0.2) is 71.7 Å². The Balaban J connectivity index is 1.10. The van der Waals surface area contributed by atoms with Gasteiger partial charge in [-0.3, -0.25) is 24.0 Å². The van der Waals surface area contributed by atoms with Crippen LogP contribution in [0.3, 0.4) is 0 Å². The average Bonchev–Trinajstić information content (AvgIpc) is 3.69. The molecule has 15 heteroatoms. The van der Waals surface area contributed by atoms with Crippen molar-refractivity contribution in [1.29, 1.82) is 0 Å². The number of carbonyl (C=O) groups is 1. The van der Waals surface area contributed by atoms with E-state index in [1.807, 2.05) is 17.7 Å². The van der Waals surface area contributed by atoms with Crippen LogP contribution in [0.25, 0.3) is 21.3 Å². The first-order valence-corrected chi connectivity index (χ1v) is 19.4. The summed E-state index contributed by atoms with van der Waals surface area (Å²) in [6.07, 6.45) is 2.94. The number of alkyl halides is 2. The molecular weight excluding hydrogens is 696 g/mol. The van der Waals surface area contributed by atoms with Crippen molar-refractivity contribution in [1.82, 2.24) is 24.2 Å². The summed E-state index contributed by atoms with van der Waals surface area (Å²) in [5.41, 5.74) is 3.91. The summed E-state index contributed by atoms with van der Waals surface area (Å²) in [5.74, 6) is -2.17. The molecule has 0 unspecified atom stereocenters. The number of aryl methyl sites for hydroxylation is 3. The molecule has 4 aromatic rings. The average molecular weight is 732 g/mol. The molecule has 49 heavy (non-hydrogen) atoms. The quantitative estimate of drug-likeness (QED) is 0.256. The highest BCUT2D eigenvalue weighted by atomic mass is 35.5. The lowest BCUT2D eigenvalue weighted by atomic mass is 9.91. The molecule has 1 amide bonds. The maximum Gasteiger partial charge on any atom is 0.267 e. The van der Waals surface area contributed by atoms with E-state index in [1.165, 1.54) is 11.3 Å². The predicted molar refractivity (Wildman–Crippen MR) is 184 cm³/mol. The van der Waals surface area contributed by atoms with E-state index in [0.29, 0.717) is 75.1 Å². The fraction of sp³-hybridized carbons (Fsp3) is 0.471. The second-order valence-electron chi connectivity index (χ2n) is 13.5. The topological polar surface area (TPSA) is 123 Å². The van der Waals surface area contributed by atoms with Crippen molar-refractivity contribution >= 4 is 49.1 Å². The molecule has 1 N–H and O–H groups in total. The molecule has 0 radical (unpaired) electrons. The van der Waals surface area contributed by atoms with E-state index in [9.17, 15) is 26.8 Å². The zero-order valence-electron chi connectivity index (χ0n) is 27.3. The van der Waals surface area contributed by atoms with Crippen LogP contribution in [0.15, 0.2) is 34.4 Å². The minimum atomic E-state index is -3.77. The van der Waals surface area contributed by atoms with Crippen LogP contribution in [0.4, 0.5) is 8.78 Å². The summed E-state index contributed by atoms with van der Waals surface area (Å²) in [6, 6.07) is 7.20. The summed E-state index contributed by atoms with van der Waals surface area (Å²) >= 11 is 7.69. The molecule has 4 heterocycles. The van der Waals surface area contributed by atoms with Gasteiger partial charge in [-0.1, -0.05) is 11.6 Å². The van der Waals surface area contributed by atoms with Crippen LogP contribution in [0.2, 0.25) is 5.02 Å². The van der Waals surface area contributed by atoms with Crippen LogP contribution in [0.1, 0.15) is 52.4 Å². The second kappa shape index (κ2) is 12.7. The number of nitrogens with one attached hydrogen (secondary N) is 1. The fourth-order valence-corrected chi connectivity index (χ4v) is 9.41. The highest BCUT2D eigenvalue weighted by Gasteiger charge is 2.51. The first-order chi connectivity index (χ1) is 23.2. The number of ether oxygens (including phenoxy) is 1. The molecule has 10 nitrogen and oxygen atoms in total. The predicted octanol–water partition coefficient (Wildman–Crippen LogP) is 5.39. The van der Waals surface area contributed by atoms with E-state index in [1.54, 1.807) is 35.1 Å². The van der Waals surface area contributed by atoms with E-state index in [-0.39, 0.29) is 55.0 Å². The van der Waals surface area contributed by atoms with Gasteiger partial charge in [0.1, 0.15) is 18.2 Å². The largest absolute Gasteiger partial charge is 0.491 e. The van der Waals surface area contributed by atoms with Gasteiger partial charge in [-0.05, 0) is 69.2 Å². The number of halogens is 3. The van der Waals surface area contributed by atoms with Crippen molar-refractivity contribution in [2.24, 2.45) is 11.8 Å². The molecule has 3 aromatic heterocycles. The Labute approximate surface area is 291 Å². The van der Waals surface area contributed by atoms with Crippen LogP contribution in [0, 0.1) is 25.7 Å². The molecule has 7 rings (SSSR count). The zero-order chi connectivity index (χ0) is 34.8. The molecule has 1 saturated carbocycles. The number of likely N-dealkylation sites (tertiary alicyclic amines) is 1. The van der Waals surface area contributed by atoms with Gasteiger partial charge in [-0.15, -0.1) is 11.3 Å². The monoisotopic (exact) mass is 731 g/mol. The highest BCUT2D eigenvalue weighted by Crippen LogP contribution is 2.48. The SMILES string of the molecule is Cc1cc(-c2cc(Cl)ccc2OCCn2c(C)nc3c(c2=O)C[C@H](N2C[C@@H]4CC(F)(F)C[C@@H]4C2)CC3)c2scc(C(=O)NS(C)(=O)=O)c2n1. The maximum absolute atomic E-state index is 13.9. The Morgan fingerprint density at radius 2 is 1.88 bits per heavy atom. The van der Waals surface area contributed by atoms with E-state index in [0.717, 1.165) is 18.4 Å². The maximum atomic E-state index is 13.9. The third-order valence-electron chi connectivity index (χ3n) is 9.91. The van der Waals surface area contributed by atoms with E-state index in [4.69, 9.17) is 21.3 Å². The van der Waals surface area contributed by atoms with Crippen molar-refractivity contribution < 1.29 is 26.7 Å². The standard InChI is InChI=1S/C34H36ClF2N5O5S2/c1-18-10-25(31-30(38-18)27(17-48-31)32(43)40-49(3,45)46)24-11-22(35)4-7-29(24)47-9-8-42-19(2)39-28-6-5-23(12-26(28)33(42)44)41-15-20-13-34(36,37)14-21(20)16-41/h4,7,10-11,17,20-21,23H,5-6,8-9,12-16H2,1-3H3,(H,40,43)/t20-,21+,23-/m1/s1. The number of hydrogen-bond donors (Lipinski definition) is 1. The fourth-order valence-electron chi connectivity index (χ4n) is 7.78. The van der Waals surface area contributed by atoms with Gasteiger partial charge in [0.15, 0.2) is 0 Å². The van der Waals surface area contributed by atoms with Gasteiger partial charge in [0, 0.05) is 64.8 Å². The third-order valence-corrected chi connectivity index (χ3v) is 11.7. The number of benzene rings is 1. The minimum Gasteiger partial charge on any atom is -0.491 e. The van der Waals surface area contributed by atoms with Crippen molar-refractivity contribution in [3.63, 3.8) is 0 Å². The summed E-state index contributed by atoms with van der Waals surface area (Å²) in [5, 5.41) is 2.04. The summed E-state index contributed by atoms with van der Waals surface area (Å²) in [6.45, 7) is 5.32. The van der Waals surface area contributed by atoms with E-state index < -0.39 is 21.9 Å². The summed E-state index contributed by atoms with van der Waals surface area (Å²) in [4.78, 5) is 38.2. The van der Waals surface area contributed by atoms with Crippen molar-refractivity contribution in [3.05, 3.63) is 73.4 Å². The van der Waals surface area contributed by atoms with E-state index >= 15 is 0 Å². The van der Waals surface area contributed by atoms with Crippen LogP contribution < -0.4 is 15.0 Å². The van der Waals surface area contributed by atoms with Gasteiger partial charge in [0.2, 0.25) is 15.9 Å². The number of pyridine rings is 1. The van der Waals surface area contributed by atoms with Crippen LogP contribution in [0.5, 0.6) is 5.75 Å². The highest BCUT2D eigenvalue weighted by molar-refractivity contribution is 7.89. The third kappa shape index (κ3) is 6.84. The lowest BCUT2D eigenvalue weighted by Gasteiger charge is -2.33. The molecule has 1 saturated heterocycles. The first-order valence-electron chi connectivity index (χ1n) is 16.2. The molecule has 0 spiro atoms. The molecule has 260 valence electrons. The Bertz CT molecular complexity index is 2140. The van der Waals surface area contributed by atoms with Crippen molar-refractivity contribution in [2.75, 3.05) is 26.0 Å². The molecular formula is C34H36ClF2N5O5S2. The van der Waals surface area contributed by atoms with Gasteiger partial charge >= 0.3 is 0 Å². The van der Waals surface area contributed by atoms with Crippen LogP contribution >= 0.6 is 22.9 Å². The van der Waals surface area contributed by atoms with Gasteiger partial charge in [0.05, 0.1) is 34.3 Å². The number of sulfonamides is 1. The second-order valence-corrected chi connectivity index (χ2v) is 16.6. The number of thiophene rings is 1. The molecule has 2 aliphatic carbocycles. The number of amides is 1. The molecule has 1 aliphatic heterocycles. The van der Waals surface area contributed by atoms with Gasteiger partial charge in [0.25, 0.3) is 11.5 Å².